The minimum atomic E-state index is -0.246. The Kier molecular flexibility index (Phi) is 9.80. The van der Waals surface area contributed by atoms with Crippen molar-refractivity contribution in [2.75, 3.05) is 0 Å². The van der Waals surface area contributed by atoms with Gasteiger partial charge in [0.1, 0.15) is 5.82 Å². The van der Waals surface area contributed by atoms with Crippen LogP contribution in [0, 0.1) is 19.7 Å². The molecular formula is C18H28F2N2S. The summed E-state index contributed by atoms with van der Waals surface area (Å²) in [5.74, 6) is -0.0733. The minimum Gasteiger partial charge on any atom is -0.207 e. The van der Waals surface area contributed by atoms with E-state index in [4.69, 9.17) is 0 Å². The number of nitrogens with zero attached hydrogens (tertiary/aromatic N) is 2. The third-order valence-corrected chi connectivity index (χ3v) is 3.59. The molecule has 0 aliphatic carbocycles. The summed E-state index contributed by atoms with van der Waals surface area (Å²) in [7, 11) is 0. The quantitative estimate of drug-likeness (QED) is 0.606. The van der Waals surface area contributed by atoms with Crippen LogP contribution in [0.25, 0.3) is 11.3 Å². The Morgan fingerprint density at radius 1 is 1.09 bits per heavy atom. The van der Waals surface area contributed by atoms with Crippen molar-refractivity contribution >= 4 is 12.3 Å². The van der Waals surface area contributed by atoms with Crippen LogP contribution in [0.1, 0.15) is 64.3 Å². The summed E-state index contributed by atoms with van der Waals surface area (Å²) in [5.41, 5.74) is 3.86. The molecule has 0 spiro atoms. The molecule has 130 valence electrons. The molecule has 5 heteroatoms. The van der Waals surface area contributed by atoms with E-state index < -0.39 is 0 Å². The molecule has 0 radical (unpaired) electrons. The van der Waals surface area contributed by atoms with E-state index in [1.165, 1.54) is 10.2 Å². The zero-order valence-electron chi connectivity index (χ0n) is 15.4. The molecule has 1 aromatic heterocycles. The SMILES string of the molecule is CC.CC.Cc1cc(-c2nn(SF)c(C(C)C)c2C)ccc1F. The molecular weight excluding hydrogens is 314 g/mol. The summed E-state index contributed by atoms with van der Waals surface area (Å²) in [6.45, 7) is 15.6. The Hall–Kier alpha value is -1.36. The first-order chi connectivity index (χ1) is 11.0. The number of aryl methyl sites for hydroxylation is 1. The fourth-order valence-electron chi connectivity index (χ4n) is 2.26. The van der Waals surface area contributed by atoms with Gasteiger partial charge in [0.15, 0.2) is 12.3 Å². The van der Waals surface area contributed by atoms with Gasteiger partial charge in [-0.1, -0.05) is 41.5 Å². The van der Waals surface area contributed by atoms with Crippen LogP contribution in [0.2, 0.25) is 0 Å². The summed E-state index contributed by atoms with van der Waals surface area (Å²) in [4.78, 5) is 0. The summed E-state index contributed by atoms with van der Waals surface area (Å²) in [5, 5.41) is 4.27. The van der Waals surface area contributed by atoms with Crippen LogP contribution in [0.5, 0.6) is 0 Å². The van der Waals surface area contributed by atoms with Gasteiger partial charge in [0.2, 0.25) is 0 Å². The summed E-state index contributed by atoms with van der Waals surface area (Å²) in [6, 6.07) is 4.83. The molecule has 0 aliphatic heterocycles. The Morgan fingerprint density at radius 3 is 2.04 bits per heavy atom. The lowest BCUT2D eigenvalue weighted by atomic mass is 10.0. The number of aromatic nitrogens is 2. The van der Waals surface area contributed by atoms with Gasteiger partial charge in [-0.25, -0.2) is 4.39 Å². The van der Waals surface area contributed by atoms with Crippen LogP contribution < -0.4 is 0 Å². The molecule has 2 aromatic rings. The van der Waals surface area contributed by atoms with E-state index in [-0.39, 0.29) is 24.1 Å². The fraction of sp³-hybridized carbons (Fsp3) is 0.500. The van der Waals surface area contributed by atoms with Crippen LogP contribution in [-0.2, 0) is 0 Å². The van der Waals surface area contributed by atoms with E-state index in [1.807, 2.05) is 48.5 Å². The van der Waals surface area contributed by atoms with Crippen molar-refractivity contribution < 1.29 is 8.28 Å². The van der Waals surface area contributed by atoms with Crippen molar-refractivity contribution in [3.05, 3.63) is 40.8 Å². The highest BCUT2D eigenvalue weighted by atomic mass is 32.2. The molecule has 23 heavy (non-hydrogen) atoms. The van der Waals surface area contributed by atoms with Crippen molar-refractivity contribution in [3.63, 3.8) is 0 Å². The third kappa shape index (κ3) is 5.06. The molecule has 0 atom stereocenters. The third-order valence-electron chi connectivity index (χ3n) is 3.18. The van der Waals surface area contributed by atoms with Crippen molar-refractivity contribution in [2.45, 2.75) is 61.3 Å². The Bertz CT molecular complexity index is 607. The number of hydrogen-bond acceptors (Lipinski definition) is 2. The first-order valence-electron chi connectivity index (χ1n) is 8.10. The highest BCUT2D eigenvalue weighted by Gasteiger charge is 2.19. The van der Waals surface area contributed by atoms with Gasteiger partial charge in [-0.15, -0.1) is 3.89 Å². The van der Waals surface area contributed by atoms with E-state index in [1.54, 1.807) is 19.1 Å². The average molecular weight is 342 g/mol. The fourth-order valence-corrected chi connectivity index (χ4v) is 2.79. The lowest BCUT2D eigenvalue weighted by Gasteiger charge is -2.06. The number of halogens is 2. The molecule has 0 amide bonds. The summed E-state index contributed by atoms with van der Waals surface area (Å²) < 4.78 is 27.6. The lowest BCUT2D eigenvalue weighted by molar-refractivity contribution is 0.618. The Morgan fingerprint density at radius 2 is 1.65 bits per heavy atom. The normalized spacial score (nSPS) is 9.87. The van der Waals surface area contributed by atoms with Gasteiger partial charge in [-0.05, 0) is 49.1 Å². The van der Waals surface area contributed by atoms with Crippen molar-refractivity contribution in [3.8, 4) is 11.3 Å². The van der Waals surface area contributed by atoms with Crippen molar-refractivity contribution in [1.82, 2.24) is 9.19 Å². The minimum absolute atomic E-state index is 0.0922. The van der Waals surface area contributed by atoms with Gasteiger partial charge < -0.3 is 0 Å². The molecule has 0 unspecified atom stereocenters. The Labute approximate surface area is 143 Å². The molecule has 1 aromatic carbocycles. The lowest BCUT2D eigenvalue weighted by Crippen LogP contribution is -1.98. The topological polar surface area (TPSA) is 17.8 Å². The summed E-state index contributed by atoms with van der Waals surface area (Å²) >= 11 is 0.0922. The summed E-state index contributed by atoms with van der Waals surface area (Å²) in [6.07, 6.45) is 0. The molecule has 0 saturated carbocycles. The number of rotatable bonds is 3. The van der Waals surface area contributed by atoms with E-state index in [0.717, 1.165) is 16.8 Å². The van der Waals surface area contributed by atoms with Gasteiger partial charge in [-0.2, -0.15) is 9.19 Å². The second kappa shape index (κ2) is 10.4. The number of hydrogen-bond donors (Lipinski definition) is 0. The predicted molar refractivity (Wildman–Crippen MR) is 98.0 cm³/mol. The largest absolute Gasteiger partial charge is 0.207 e. The second-order valence-electron chi connectivity index (χ2n) is 4.92. The van der Waals surface area contributed by atoms with E-state index >= 15 is 0 Å². The van der Waals surface area contributed by atoms with Crippen molar-refractivity contribution in [2.24, 2.45) is 0 Å². The van der Waals surface area contributed by atoms with Crippen LogP contribution in [0.3, 0.4) is 0 Å². The van der Waals surface area contributed by atoms with Crippen LogP contribution >= 0.6 is 12.3 Å². The highest BCUT2D eigenvalue weighted by Crippen LogP contribution is 2.32. The van der Waals surface area contributed by atoms with Crippen LogP contribution in [-0.4, -0.2) is 9.19 Å². The standard InChI is InChI=1S/C14H16F2N2S.2C2H6/c1-8(2)14-10(4)13(17-18(14)19-16)11-5-6-12(15)9(3)7-11;2*1-2/h5-8H,1-4H3;2*1-2H3. The van der Waals surface area contributed by atoms with Gasteiger partial charge in [0.25, 0.3) is 0 Å². The van der Waals surface area contributed by atoms with Gasteiger partial charge in [0, 0.05) is 5.56 Å². The molecule has 0 saturated heterocycles. The predicted octanol–water partition coefficient (Wildman–Crippen LogP) is 6.86. The molecule has 0 aliphatic rings. The van der Waals surface area contributed by atoms with Gasteiger partial charge >= 0.3 is 0 Å². The average Bonchev–Trinajstić information content (AvgIpc) is 2.90. The maximum Gasteiger partial charge on any atom is 0.187 e. The maximum absolute atomic E-state index is 13.3. The molecule has 1 heterocycles. The monoisotopic (exact) mass is 342 g/mol. The molecule has 2 rings (SSSR count). The smallest absolute Gasteiger partial charge is 0.187 e. The van der Waals surface area contributed by atoms with Crippen LogP contribution in [0.15, 0.2) is 18.2 Å². The van der Waals surface area contributed by atoms with E-state index in [2.05, 4.69) is 5.10 Å². The first kappa shape index (κ1) is 21.6. The highest BCUT2D eigenvalue weighted by molar-refractivity contribution is 7.92. The van der Waals surface area contributed by atoms with Crippen LogP contribution in [0.4, 0.5) is 8.28 Å². The zero-order chi connectivity index (χ0) is 18.2. The van der Waals surface area contributed by atoms with E-state index in [0.29, 0.717) is 11.3 Å². The molecule has 2 nitrogen and oxygen atoms in total. The zero-order valence-corrected chi connectivity index (χ0v) is 16.2. The number of benzene rings is 1. The Balaban J connectivity index is 0.00000112. The molecule has 0 fully saturated rings. The second-order valence-corrected chi connectivity index (χ2v) is 5.40. The maximum atomic E-state index is 13.3. The van der Waals surface area contributed by atoms with Crippen molar-refractivity contribution in [1.29, 1.82) is 0 Å². The van der Waals surface area contributed by atoms with Gasteiger partial charge in [-0.3, -0.25) is 0 Å². The first-order valence-corrected chi connectivity index (χ1v) is 8.78. The molecule has 0 N–H and O–H groups in total. The van der Waals surface area contributed by atoms with Gasteiger partial charge in [0.05, 0.1) is 11.4 Å². The molecule has 0 bridgehead atoms. The van der Waals surface area contributed by atoms with E-state index in [9.17, 15) is 8.28 Å².